The first-order valence-corrected chi connectivity index (χ1v) is 6.28. The number of hydrogen-bond donors (Lipinski definition) is 2. The molecule has 0 heterocycles. The van der Waals surface area contributed by atoms with Crippen LogP contribution in [0, 0.1) is 0 Å². The standard InChI is InChI=1S/C14H22N2O4/c1-14(2,3)20-13(17)16-15-9-10-6-7-11(18-4)12(8-10)19-5/h6-8,15H,9H2,1-5H3,(H,16,17). The Morgan fingerprint density at radius 3 is 2.35 bits per heavy atom. The minimum Gasteiger partial charge on any atom is -0.493 e. The average molecular weight is 282 g/mol. The zero-order chi connectivity index (χ0) is 15.2. The number of rotatable bonds is 5. The predicted octanol–water partition coefficient (Wildman–Crippen LogP) is 2.23. The van der Waals surface area contributed by atoms with Crippen LogP contribution < -0.4 is 20.3 Å². The maximum absolute atomic E-state index is 11.4. The summed E-state index contributed by atoms with van der Waals surface area (Å²) in [6.45, 7) is 5.86. The summed E-state index contributed by atoms with van der Waals surface area (Å²) in [7, 11) is 3.16. The molecule has 0 bridgehead atoms. The van der Waals surface area contributed by atoms with Crippen LogP contribution in [0.1, 0.15) is 26.3 Å². The monoisotopic (exact) mass is 282 g/mol. The van der Waals surface area contributed by atoms with Gasteiger partial charge < -0.3 is 14.2 Å². The Bertz CT molecular complexity index is 455. The third kappa shape index (κ3) is 5.36. The van der Waals surface area contributed by atoms with Crippen LogP contribution in [0.25, 0.3) is 0 Å². The molecule has 0 spiro atoms. The molecule has 0 saturated carbocycles. The van der Waals surface area contributed by atoms with Gasteiger partial charge in [-0.15, -0.1) is 0 Å². The molecule has 6 heteroatoms. The number of hydrogen-bond acceptors (Lipinski definition) is 5. The van der Waals surface area contributed by atoms with Crippen LogP contribution in [-0.4, -0.2) is 25.9 Å². The van der Waals surface area contributed by atoms with E-state index in [1.54, 1.807) is 35.0 Å². The van der Waals surface area contributed by atoms with E-state index in [1.165, 1.54) is 0 Å². The Morgan fingerprint density at radius 1 is 1.15 bits per heavy atom. The summed E-state index contributed by atoms with van der Waals surface area (Å²) < 4.78 is 15.5. The van der Waals surface area contributed by atoms with Crippen molar-refractivity contribution in [3.8, 4) is 11.5 Å². The molecule has 1 aromatic carbocycles. The highest BCUT2D eigenvalue weighted by Crippen LogP contribution is 2.27. The lowest BCUT2D eigenvalue weighted by atomic mass is 10.2. The van der Waals surface area contributed by atoms with E-state index in [4.69, 9.17) is 14.2 Å². The number of carbonyl (C=O) groups is 1. The van der Waals surface area contributed by atoms with Crippen molar-refractivity contribution in [3.05, 3.63) is 23.8 Å². The third-order valence-electron chi connectivity index (χ3n) is 2.33. The Kier molecular flexibility index (Phi) is 5.64. The summed E-state index contributed by atoms with van der Waals surface area (Å²) in [5.41, 5.74) is 5.69. The highest BCUT2D eigenvalue weighted by atomic mass is 16.6. The van der Waals surface area contributed by atoms with E-state index >= 15 is 0 Å². The number of nitrogens with one attached hydrogen (secondary N) is 2. The van der Waals surface area contributed by atoms with Crippen LogP contribution in [0.5, 0.6) is 11.5 Å². The summed E-state index contributed by atoms with van der Waals surface area (Å²) >= 11 is 0. The van der Waals surface area contributed by atoms with Gasteiger partial charge in [0.25, 0.3) is 0 Å². The molecular formula is C14H22N2O4. The summed E-state index contributed by atoms with van der Waals surface area (Å²) in [4.78, 5) is 11.4. The predicted molar refractivity (Wildman–Crippen MR) is 75.8 cm³/mol. The van der Waals surface area contributed by atoms with Gasteiger partial charge in [0.15, 0.2) is 11.5 Å². The molecule has 0 atom stereocenters. The normalized spacial score (nSPS) is 10.8. The van der Waals surface area contributed by atoms with Gasteiger partial charge in [-0.3, -0.25) is 5.43 Å². The molecule has 0 radical (unpaired) electrons. The van der Waals surface area contributed by atoms with Gasteiger partial charge in [0, 0.05) is 6.54 Å². The van der Waals surface area contributed by atoms with Crippen molar-refractivity contribution in [2.45, 2.75) is 32.9 Å². The van der Waals surface area contributed by atoms with E-state index in [0.29, 0.717) is 18.0 Å². The van der Waals surface area contributed by atoms with Crippen LogP contribution in [0.4, 0.5) is 4.79 Å². The second-order valence-electron chi connectivity index (χ2n) is 5.17. The molecule has 20 heavy (non-hydrogen) atoms. The summed E-state index contributed by atoms with van der Waals surface area (Å²) in [6, 6.07) is 5.52. The molecule has 112 valence electrons. The second kappa shape index (κ2) is 7.00. The van der Waals surface area contributed by atoms with Gasteiger partial charge in [-0.2, -0.15) is 0 Å². The molecule has 0 unspecified atom stereocenters. The fourth-order valence-electron chi connectivity index (χ4n) is 1.51. The molecule has 1 aromatic rings. The first kappa shape index (κ1) is 16.1. The van der Waals surface area contributed by atoms with Crippen LogP contribution in [-0.2, 0) is 11.3 Å². The lowest BCUT2D eigenvalue weighted by Gasteiger charge is -2.19. The van der Waals surface area contributed by atoms with Crippen molar-refractivity contribution in [2.75, 3.05) is 14.2 Å². The average Bonchev–Trinajstić information content (AvgIpc) is 2.36. The largest absolute Gasteiger partial charge is 0.493 e. The fourth-order valence-corrected chi connectivity index (χ4v) is 1.51. The molecule has 6 nitrogen and oxygen atoms in total. The van der Waals surface area contributed by atoms with Crippen molar-refractivity contribution in [1.82, 2.24) is 10.9 Å². The smallest absolute Gasteiger partial charge is 0.422 e. The van der Waals surface area contributed by atoms with Gasteiger partial charge in [0.1, 0.15) is 5.60 Å². The van der Waals surface area contributed by atoms with Crippen molar-refractivity contribution in [2.24, 2.45) is 0 Å². The SMILES string of the molecule is COc1ccc(CNNC(=O)OC(C)(C)C)cc1OC. The van der Waals surface area contributed by atoms with Crippen molar-refractivity contribution < 1.29 is 19.0 Å². The third-order valence-corrected chi connectivity index (χ3v) is 2.33. The van der Waals surface area contributed by atoms with Gasteiger partial charge in [0.05, 0.1) is 14.2 Å². The minimum absolute atomic E-state index is 0.444. The summed E-state index contributed by atoms with van der Waals surface area (Å²) in [5.74, 6) is 1.31. The van der Waals surface area contributed by atoms with Crippen LogP contribution in [0.3, 0.4) is 0 Å². The fraction of sp³-hybridized carbons (Fsp3) is 0.500. The number of methoxy groups -OCH3 is 2. The van der Waals surface area contributed by atoms with Crippen LogP contribution in [0.2, 0.25) is 0 Å². The van der Waals surface area contributed by atoms with E-state index in [2.05, 4.69) is 10.9 Å². The molecule has 1 rings (SSSR count). The topological polar surface area (TPSA) is 68.8 Å². The first-order chi connectivity index (χ1) is 9.35. The van der Waals surface area contributed by atoms with Gasteiger partial charge in [-0.1, -0.05) is 6.07 Å². The van der Waals surface area contributed by atoms with Gasteiger partial charge in [0.2, 0.25) is 0 Å². The summed E-state index contributed by atoms with van der Waals surface area (Å²) in [5, 5.41) is 0. The van der Waals surface area contributed by atoms with E-state index in [9.17, 15) is 4.79 Å². The first-order valence-electron chi connectivity index (χ1n) is 6.28. The summed E-state index contributed by atoms with van der Waals surface area (Å²) in [6.07, 6.45) is -0.516. The maximum atomic E-state index is 11.4. The number of ether oxygens (including phenoxy) is 3. The Balaban J connectivity index is 2.48. The lowest BCUT2D eigenvalue weighted by molar-refractivity contribution is 0.0497. The number of benzene rings is 1. The highest BCUT2D eigenvalue weighted by Gasteiger charge is 2.15. The van der Waals surface area contributed by atoms with Crippen LogP contribution in [0.15, 0.2) is 18.2 Å². The highest BCUT2D eigenvalue weighted by molar-refractivity contribution is 5.66. The Hall–Kier alpha value is -1.95. The van der Waals surface area contributed by atoms with E-state index in [-0.39, 0.29) is 0 Å². The second-order valence-corrected chi connectivity index (χ2v) is 5.17. The maximum Gasteiger partial charge on any atom is 0.422 e. The Labute approximate surface area is 119 Å². The Morgan fingerprint density at radius 2 is 1.80 bits per heavy atom. The molecular weight excluding hydrogens is 260 g/mol. The zero-order valence-electron chi connectivity index (χ0n) is 12.6. The van der Waals surface area contributed by atoms with E-state index < -0.39 is 11.7 Å². The number of amides is 1. The molecule has 1 amide bonds. The van der Waals surface area contributed by atoms with E-state index in [0.717, 1.165) is 5.56 Å². The lowest BCUT2D eigenvalue weighted by Crippen LogP contribution is -2.40. The van der Waals surface area contributed by atoms with Crippen molar-refractivity contribution in [3.63, 3.8) is 0 Å². The van der Waals surface area contributed by atoms with E-state index in [1.807, 2.05) is 18.2 Å². The molecule has 0 aliphatic rings. The molecule has 0 saturated heterocycles. The molecule has 2 N–H and O–H groups in total. The van der Waals surface area contributed by atoms with Gasteiger partial charge in [-0.05, 0) is 38.5 Å². The molecule has 0 aliphatic carbocycles. The van der Waals surface area contributed by atoms with Gasteiger partial charge in [-0.25, -0.2) is 10.2 Å². The van der Waals surface area contributed by atoms with Gasteiger partial charge >= 0.3 is 6.09 Å². The quantitative estimate of drug-likeness (QED) is 0.811. The van der Waals surface area contributed by atoms with Crippen LogP contribution >= 0.6 is 0 Å². The number of carbonyl (C=O) groups excluding carboxylic acids is 1. The van der Waals surface area contributed by atoms with Crippen molar-refractivity contribution >= 4 is 6.09 Å². The molecule has 0 fully saturated rings. The van der Waals surface area contributed by atoms with Crippen molar-refractivity contribution in [1.29, 1.82) is 0 Å². The zero-order valence-corrected chi connectivity index (χ0v) is 12.6. The number of hydrazine groups is 1. The molecule has 0 aromatic heterocycles. The molecule has 0 aliphatic heterocycles. The minimum atomic E-state index is -0.519.